The molecule has 2 heterocycles. The first kappa shape index (κ1) is 23.2. The fourth-order valence-corrected chi connectivity index (χ4v) is 9.06. The van der Waals surface area contributed by atoms with Gasteiger partial charge in [0.15, 0.2) is 6.23 Å². The van der Waals surface area contributed by atoms with Gasteiger partial charge in [-0.05, 0) is 28.4 Å². The van der Waals surface area contributed by atoms with Crippen molar-refractivity contribution in [2.45, 2.75) is 45.1 Å². The van der Waals surface area contributed by atoms with Crippen molar-refractivity contribution in [1.29, 1.82) is 0 Å². The highest BCUT2D eigenvalue weighted by Crippen LogP contribution is 2.37. The zero-order valence-electron chi connectivity index (χ0n) is 19.4. The van der Waals surface area contributed by atoms with Gasteiger partial charge in [0.1, 0.15) is 6.10 Å². The minimum Gasteiger partial charge on any atom is -0.404 e. The molecule has 1 aliphatic rings. The summed E-state index contributed by atoms with van der Waals surface area (Å²) < 4.78 is 14.5. The molecule has 4 rings (SSSR count). The van der Waals surface area contributed by atoms with E-state index in [0.717, 1.165) is 0 Å². The van der Waals surface area contributed by atoms with Crippen LogP contribution in [0.15, 0.2) is 88.6 Å². The van der Waals surface area contributed by atoms with Crippen molar-refractivity contribution >= 4 is 18.7 Å². The van der Waals surface area contributed by atoms with Gasteiger partial charge in [0.05, 0.1) is 6.61 Å². The van der Waals surface area contributed by atoms with E-state index in [-0.39, 0.29) is 16.7 Å². The van der Waals surface area contributed by atoms with Crippen LogP contribution in [0.4, 0.5) is 0 Å². The van der Waals surface area contributed by atoms with Gasteiger partial charge in [-0.1, -0.05) is 87.5 Å². The molecule has 1 aromatic heterocycles. The number of aryl methyl sites for hydroxylation is 1. The zero-order valence-corrected chi connectivity index (χ0v) is 20.4. The van der Waals surface area contributed by atoms with Crippen LogP contribution in [0.2, 0.25) is 5.04 Å². The van der Waals surface area contributed by atoms with Gasteiger partial charge in [-0.15, -0.1) is 0 Å². The Kier molecular flexibility index (Phi) is 6.38. The van der Waals surface area contributed by atoms with Crippen LogP contribution in [0.3, 0.4) is 0 Å². The SMILES string of the molecule is Cc1cn([C@@H]2C=C[C@@H](CO[Si](c3ccccc3)(c3ccccc3)C(C)(C)C)O2)c(=O)[nH]c1=O. The molecule has 0 bridgehead atoms. The summed E-state index contributed by atoms with van der Waals surface area (Å²) in [6.07, 6.45) is 4.40. The van der Waals surface area contributed by atoms with Gasteiger partial charge in [0.2, 0.25) is 0 Å². The van der Waals surface area contributed by atoms with E-state index in [1.54, 1.807) is 6.92 Å². The maximum Gasteiger partial charge on any atom is 0.330 e. The molecule has 0 unspecified atom stereocenters. The zero-order chi connectivity index (χ0) is 23.6. The van der Waals surface area contributed by atoms with Crippen molar-refractivity contribution in [2.24, 2.45) is 0 Å². The molecule has 172 valence electrons. The van der Waals surface area contributed by atoms with Crippen molar-refractivity contribution in [3.8, 4) is 0 Å². The third kappa shape index (κ3) is 4.44. The fraction of sp³-hybridized carbons (Fsp3) is 0.308. The molecule has 1 N–H and O–H groups in total. The average Bonchev–Trinajstić information content (AvgIpc) is 3.26. The lowest BCUT2D eigenvalue weighted by Crippen LogP contribution is -2.67. The van der Waals surface area contributed by atoms with E-state index in [2.05, 4.69) is 74.3 Å². The Hall–Kier alpha value is -3.00. The first-order valence-electron chi connectivity index (χ1n) is 11.1. The number of hydrogen-bond donors (Lipinski definition) is 1. The summed E-state index contributed by atoms with van der Waals surface area (Å²) in [5, 5.41) is 2.27. The summed E-state index contributed by atoms with van der Waals surface area (Å²) in [6.45, 7) is 8.72. The molecule has 0 aliphatic carbocycles. The van der Waals surface area contributed by atoms with Crippen LogP contribution in [0.1, 0.15) is 32.6 Å². The molecule has 33 heavy (non-hydrogen) atoms. The molecule has 0 saturated carbocycles. The number of aromatic amines is 1. The molecule has 0 saturated heterocycles. The molecule has 3 aromatic rings. The number of nitrogens with one attached hydrogen (secondary N) is 1. The minimum atomic E-state index is -2.68. The summed E-state index contributed by atoms with van der Waals surface area (Å²) in [5.74, 6) is 0. The van der Waals surface area contributed by atoms with E-state index >= 15 is 0 Å². The predicted octanol–water partition coefficient (Wildman–Crippen LogP) is 2.88. The van der Waals surface area contributed by atoms with E-state index in [0.29, 0.717) is 12.2 Å². The van der Waals surface area contributed by atoms with Crippen LogP contribution in [-0.4, -0.2) is 30.6 Å². The van der Waals surface area contributed by atoms with Crippen molar-refractivity contribution in [1.82, 2.24) is 9.55 Å². The number of rotatable bonds is 6. The number of hydrogen-bond acceptors (Lipinski definition) is 4. The number of aromatic nitrogens is 2. The first-order valence-corrected chi connectivity index (χ1v) is 13.0. The monoisotopic (exact) mass is 462 g/mol. The molecule has 2 aromatic carbocycles. The summed E-state index contributed by atoms with van der Waals surface area (Å²) >= 11 is 0. The van der Waals surface area contributed by atoms with Gasteiger partial charge in [-0.25, -0.2) is 4.79 Å². The van der Waals surface area contributed by atoms with Gasteiger partial charge in [-0.3, -0.25) is 14.3 Å². The highest BCUT2D eigenvalue weighted by molar-refractivity contribution is 6.99. The normalized spacial score (nSPS) is 18.5. The summed E-state index contributed by atoms with van der Waals surface area (Å²) in [7, 11) is -2.68. The third-order valence-corrected chi connectivity index (χ3v) is 11.1. The number of benzene rings is 2. The van der Waals surface area contributed by atoms with Crippen LogP contribution in [0.25, 0.3) is 0 Å². The Morgan fingerprint density at radius 3 is 2.09 bits per heavy atom. The molecule has 0 radical (unpaired) electrons. The third-order valence-electron chi connectivity index (χ3n) is 6.11. The maximum absolute atomic E-state index is 12.3. The fourth-order valence-electron chi connectivity index (χ4n) is 4.49. The predicted molar refractivity (Wildman–Crippen MR) is 133 cm³/mol. The van der Waals surface area contributed by atoms with Gasteiger partial charge in [0.25, 0.3) is 13.9 Å². The Balaban J connectivity index is 1.63. The molecule has 6 nitrogen and oxygen atoms in total. The van der Waals surface area contributed by atoms with Crippen LogP contribution < -0.4 is 21.6 Å². The molecule has 1 aliphatic heterocycles. The van der Waals surface area contributed by atoms with Gasteiger partial charge in [0, 0.05) is 11.8 Å². The van der Waals surface area contributed by atoms with Crippen LogP contribution in [-0.2, 0) is 9.16 Å². The van der Waals surface area contributed by atoms with E-state index in [9.17, 15) is 9.59 Å². The standard InChI is InChI=1S/C26H30N2O4Si/c1-19-17-28(25(30)27-24(19)29)23-16-15-20(32-23)18-31-33(26(2,3)4,21-11-7-5-8-12-21)22-13-9-6-10-14-22/h5-17,20,23H,18H2,1-4H3,(H,27,29,30)/t20-,23-/m0/s1. The van der Waals surface area contributed by atoms with Gasteiger partial charge >= 0.3 is 5.69 Å². The Morgan fingerprint density at radius 2 is 1.55 bits per heavy atom. The number of ether oxygens (including phenoxy) is 1. The van der Waals surface area contributed by atoms with Crippen molar-refractivity contribution in [2.75, 3.05) is 6.61 Å². The highest BCUT2D eigenvalue weighted by Gasteiger charge is 2.50. The van der Waals surface area contributed by atoms with E-state index < -0.39 is 20.2 Å². The van der Waals surface area contributed by atoms with Crippen molar-refractivity contribution < 1.29 is 9.16 Å². The lowest BCUT2D eigenvalue weighted by molar-refractivity contribution is -0.00719. The maximum atomic E-state index is 12.3. The first-order chi connectivity index (χ1) is 15.7. The molecular formula is C26H30N2O4Si. The second-order valence-electron chi connectivity index (χ2n) is 9.40. The summed E-state index contributed by atoms with van der Waals surface area (Å²) in [6, 6.07) is 20.9. The lowest BCUT2D eigenvalue weighted by Gasteiger charge is -2.43. The lowest BCUT2D eigenvalue weighted by atomic mass is 10.2. The second-order valence-corrected chi connectivity index (χ2v) is 13.7. The Morgan fingerprint density at radius 1 is 0.970 bits per heavy atom. The molecule has 7 heteroatoms. The second kappa shape index (κ2) is 9.09. The van der Waals surface area contributed by atoms with E-state index in [4.69, 9.17) is 9.16 Å². The van der Waals surface area contributed by atoms with Crippen LogP contribution in [0, 0.1) is 6.92 Å². The quantitative estimate of drug-likeness (QED) is 0.452. The summed E-state index contributed by atoms with van der Waals surface area (Å²) in [4.78, 5) is 26.3. The topological polar surface area (TPSA) is 73.3 Å². The molecule has 0 fully saturated rings. The van der Waals surface area contributed by atoms with Crippen LogP contribution >= 0.6 is 0 Å². The molecule has 0 spiro atoms. The summed E-state index contributed by atoms with van der Waals surface area (Å²) in [5.41, 5.74) is -0.419. The van der Waals surface area contributed by atoms with Gasteiger partial charge in [-0.2, -0.15) is 0 Å². The van der Waals surface area contributed by atoms with Crippen molar-refractivity contribution in [3.63, 3.8) is 0 Å². The smallest absolute Gasteiger partial charge is 0.330 e. The van der Waals surface area contributed by atoms with E-state index in [1.807, 2.05) is 24.3 Å². The van der Waals surface area contributed by atoms with Gasteiger partial charge < -0.3 is 9.16 Å². The Labute approximate surface area is 194 Å². The molecule has 0 amide bonds. The number of nitrogens with zero attached hydrogens (tertiary/aromatic N) is 1. The van der Waals surface area contributed by atoms with Crippen molar-refractivity contribution in [3.05, 3.63) is 105 Å². The minimum absolute atomic E-state index is 0.135. The molecular weight excluding hydrogens is 432 g/mol. The highest BCUT2D eigenvalue weighted by atomic mass is 28.4. The van der Waals surface area contributed by atoms with E-state index in [1.165, 1.54) is 21.1 Å². The average molecular weight is 463 g/mol. The largest absolute Gasteiger partial charge is 0.404 e. The Bertz CT molecular complexity index is 1200. The number of H-pyrrole nitrogens is 1. The molecule has 2 atom stereocenters. The van der Waals surface area contributed by atoms with Crippen LogP contribution in [0.5, 0.6) is 0 Å².